The number of benzene rings is 2. The van der Waals surface area contributed by atoms with E-state index in [1.54, 1.807) is 14.2 Å². The fourth-order valence-electron chi connectivity index (χ4n) is 4.56. The van der Waals surface area contributed by atoms with Crippen LogP contribution in [0.5, 0.6) is 11.5 Å². The predicted octanol–water partition coefficient (Wildman–Crippen LogP) is 4.34. The molecule has 3 aromatic rings. The molecule has 0 bridgehead atoms. The largest absolute Gasteiger partial charge is 0.497 e. The van der Waals surface area contributed by atoms with Gasteiger partial charge in [0.15, 0.2) is 0 Å². The van der Waals surface area contributed by atoms with E-state index in [9.17, 15) is 4.79 Å². The number of morpholine rings is 1. The molecule has 1 fully saturated rings. The van der Waals surface area contributed by atoms with Crippen LogP contribution in [0.3, 0.4) is 0 Å². The molecule has 1 aromatic heterocycles. The van der Waals surface area contributed by atoms with Crippen LogP contribution >= 0.6 is 0 Å². The van der Waals surface area contributed by atoms with Gasteiger partial charge in [0, 0.05) is 54.2 Å². The molecular weight excluding hydrogens is 392 g/mol. The lowest BCUT2D eigenvalue weighted by molar-refractivity contribution is -0.143. The van der Waals surface area contributed by atoms with Gasteiger partial charge in [-0.05, 0) is 31.5 Å². The van der Waals surface area contributed by atoms with Crippen molar-refractivity contribution in [2.24, 2.45) is 0 Å². The van der Waals surface area contributed by atoms with E-state index in [4.69, 9.17) is 14.2 Å². The first kappa shape index (κ1) is 21.2. The summed E-state index contributed by atoms with van der Waals surface area (Å²) in [7, 11) is 3.29. The molecule has 1 aliphatic heterocycles. The van der Waals surface area contributed by atoms with Crippen molar-refractivity contribution in [1.82, 2.24) is 9.88 Å². The number of nitrogens with zero attached hydrogens (tertiary/aromatic N) is 1. The summed E-state index contributed by atoms with van der Waals surface area (Å²) in [6.45, 7) is 5.26. The number of aromatic nitrogens is 1. The third-order valence-electron chi connectivity index (χ3n) is 5.96. The Hall–Kier alpha value is -2.99. The van der Waals surface area contributed by atoms with Crippen LogP contribution in [0.15, 0.2) is 48.7 Å². The molecule has 1 saturated heterocycles. The van der Waals surface area contributed by atoms with Gasteiger partial charge in [-0.25, -0.2) is 0 Å². The van der Waals surface area contributed by atoms with E-state index in [-0.39, 0.29) is 24.0 Å². The van der Waals surface area contributed by atoms with Gasteiger partial charge in [-0.2, -0.15) is 0 Å². The molecule has 3 atom stereocenters. The van der Waals surface area contributed by atoms with Crippen LogP contribution in [0.1, 0.15) is 37.3 Å². The van der Waals surface area contributed by atoms with Gasteiger partial charge in [-0.1, -0.05) is 24.3 Å². The number of hydrogen-bond donors (Lipinski definition) is 1. The quantitative estimate of drug-likeness (QED) is 0.642. The molecule has 2 heterocycles. The molecular formula is C25H30N2O4. The number of amides is 1. The van der Waals surface area contributed by atoms with Crippen LogP contribution in [-0.2, 0) is 9.53 Å². The normalized spacial score (nSPS) is 19.9. The highest BCUT2D eigenvalue weighted by atomic mass is 16.5. The number of carbonyl (C=O) groups excluding carboxylic acids is 1. The Morgan fingerprint density at radius 1 is 1.10 bits per heavy atom. The van der Waals surface area contributed by atoms with E-state index in [2.05, 4.69) is 11.1 Å². The highest BCUT2D eigenvalue weighted by molar-refractivity contribution is 5.86. The topological polar surface area (TPSA) is 63.8 Å². The van der Waals surface area contributed by atoms with Crippen molar-refractivity contribution >= 4 is 16.8 Å². The maximum Gasteiger partial charge on any atom is 0.223 e. The minimum absolute atomic E-state index is 0.0368. The van der Waals surface area contributed by atoms with E-state index in [1.165, 1.54) is 0 Å². The lowest BCUT2D eigenvalue weighted by atomic mass is 9.87. The maximum atomic E-state index is 13.4. The Bertz CT molecular complexity index is 1050. The third kappa shape index (κ3) is 4.39. The zero-order chi connectivity index (χ0) is 22.0. The first-order valence-electron chi connectivity index (χ1n) is 10.7. The Morgan fingerprint density at radius 2 is 1.84 bits per heavy atom. The Kier molecular flexibility index (Phi) is 6.18. The van der Waals surface area contributed by atoms with Crippen molar-refractivity contribution in [3.8, 4) is 11.5 Å². The van der Waals surface area contributed by atoms with E-state index >= 15 is 0 Å². The monoisotopic (exact) mass is 422 g/mol. The lowest BCUT2D eigenvalue weighted by Crippen LogP contribution is -2.48. The summed E-state index contributed by atoms with van der Waals surface area (Å²) in [5, 5.41) is 1.11. The summed E-state index contributed by atoms with van der Waals surface area (Å²) in [4.78, 5) is 18.7. The van der Waals surface area contributed by atoms with Gasteiger partial charge in [-0.3, -0.25) is 4.79 Å². The zero-order valence-electron chi connectivity index (χ0n) is 18.6. The van der Waals surface area contributed by atoms with Crippen molar-refractivity contribution < 1.29 is 19.0 Å². The second kappa shape index (κ2) is 9.02. The molecule has 1 N–H and O–H groups in total. The van der Waals surface area contributed by atoms with E-state index in [1.807, 2.05) is 61.3 Å². The van der Waals surface area contributed by atoms with Gasteiger partial charge < -0.3 is 24.1 Å². The number of aromatic amines is 1. The number of para-hydroxylation sites is 1. The summed E-state index contributed by atoms with van der Waals surface area (Å²) in [6.07, 6.45) is 2.44. The molecule has 164 valence electrons. The SMILES string of the molecule is COc1ccc([C@H](CC(=O)N2C[C@@H](C)O[C@@H](C)C2)c2c[nH]c3ccccc23)c(OC)c1. The summed E-state index contributed by atoms with van der Waals surface area (Å²) >= 11 is 0. The first-order valence-corrected chi connectivity index (χ1v) is 10.7. The van der Waals surface area contributed by atoms with Gasteiger partial charge in [0.2, 0.25) is 5.91 Å². The predicted molar refractivity (Wildman–Crippen MR) is 121 cm³/mol. The summed E-state index contributed by atoms with van der Waals surface area (Å²) in [6, 6.07) is 14.0. The Balaban J connectivity index is 1.74. The van der Waals surface area contributed by atoms with Crippen LogP contribution in [0.4, 0.5) is 0 Å². The molecule has 4 rings (SSSR count). The number of nitrogens with one attached hydrogen (secondary N) is 1. The highest BCUT2D eigenvalue weighted by Crippen LogP contribution is 2.39. The second-order valence-electron chi connectivity index (χ2n) is 8.21. The Morgan fingerprint density at radius 3 is 2.55 bits per heavy atom. The Labute approximate surface area is 183 Å². The second-order valence-corrected chi connectivity index (χ2v) is 8.21. The fraction of sp³-hybridized carbons (Fsp3) is 0.400. The van der Waals surface area contributed by atoms with Crippen LogP contribution in [0.2, 0.25) is 0 Å². The minimum Gasteiger partial charge on any atom is -0.497 e. The number of methoxy groups -OCH3 is 2. The number of H-pyrrole nitrogens is 1. The number of rotatable bonds is 6. The van der Waals surface area contributed by atoms with Crippen molar-refractivity contribution in [2.45, 2.75) is 38.4 Å². The standard InChI is InChI=1S/C25H30N2O4/c1-16-14-27(15-17(2)31-16)25(28)12-21(20-10-9-18(29-3)11-24(20)30-4)22-13-26-23-8-6-5-7-19(22)23/h5-11,13,16-17,21,26H,12,14-15H2,1-4H3/t16-,17+,21-/m0/s1. The molecule has 0 radical (unpaired) electrons. The third-order valence-corrected chi connectivity index (χ3v) is 5.96. The molecule has 6 nitrogen and oxygen atoms in total. The number of hydrogen-bond acceptors (Lipinski definition) is 4. The maximum absolute atomic E-state index is 13.4. The van der Waals surface area contributed by atoms with Gasteiger partial charge in [0.05, 0.1) is 26.4 Å². The number of carbonyl (C=O) groups is 1. The van der Waals surface area contributed by atoms with Gasteiger partial charge in [0.1, 0.15) is 11.5 Å². The molecule has 0 spiro atoms. The van der Waals surface area contributed by atoms with Crippen LogP contribution < -0.4 is 9.47 Å². The number of fused-ring (bicyclic) bond motifs is 1. The van der Waals surface area contributed by atoms with Gasteiger partial charge >= 0.3 is 0 Å². The molecule has 6 heteroatoms. The van der Waals surface area contributed by atoms with Gasteiger partial charge in [-0.15, -0.1) is 0 Å². The summed E-state index contributed by atoms with van der Waals surface area (Å²) < 4.78 is 16.9. The number of ether oxygens (including phenoxy) is 3. The highest BCUT2D eigenvalue weighted by Gasteiger charge is 2.30. The zero-order valence-corrected chi connectivity index (χ0v) is 18.6. The minimum atomic E-state index is -0.155. The van der Waals surface area contributed by atoms with Crippen molar-refractivity contribution in [3.63, 3.8) is 0 Å². The first-order chi connectivity index (χ1) is 15.0. The summed E-state index contributed by atoms with van der Waals surface area (Å²) in [5.41, 5.74) is 3.11. The molecule has 0 unspecified atom stereocenters. The fourth-order valence-corrected chi connectivity index (χ4v) is 4.56. The molecule has 2 aromatic carbocycles. The molecule has 0 aliphatic carbocycles. The summed E-state index contributed by atoms with van der Waals surface area (Å²) in [5.74, 6) is 1.40. The average molecular weight is 423 g/mol. The molecule has 1 aliphatic rings. The van der Waals surface area contributed by atoms with Crippen LogP contribution in [-0.4, -0.2) is 55.3 Å². The van der Waals surface area contributed by atoms with E-state index < -0.39 is 0 Å². The van der Waals surface area contributed by atoms with E-state index in [0.717, 1.165) is 27.8 Å². The van der Waals surface area contributed by atoms with Gasteiger partial charge in [0.25, 0.3) is 0 Å². The molecule has 31 heavy (non-hydrogen) atoms. The van der Waals surface area contributed by atoms with E-state index in [0.29, 0.717) is 25.3 Å². The molecule has 0 saturated carbocycles. The molecule has 1 amide bonds. The average Bonchev–Trinajstić information content (AvgIpc) is 3.20. The van der Waals surface area contributed by atoms with Crippen molar-refractivity contribution in [2.75, 3.05) is 27.3 Å². The van der Waals surface area contributed by atoms with Crippen LogP contribution in [0, 0.1) is 0 Å². The lowest BCUT2D eigenvalue weighted by Gasteiger charge is -2.36. The van der Waals surface area contributed by atoms with Crippen molar-refractivity contribution in [3.05, 3.63) is 59.8 Å². The van der Waals surface area contributed by atoms with Crippen LogP contribution in [0.25, 0.3) is 10.9 Å². The van der Waals surface area contributed by atoms with Crippen molar-refractivity contribution in [1.29, 1.82) is 0 Å². The smallest absolute Gasteiger partial charge is 0.223 e.